The SMILES string of the molecule is CNC(C(C)C)C(O)c1ccc(OC(C)(C)C)cc1. The summed E-state index contributed by atoms with van der Waals surface area (Å²) in [5, 5.41) is 13.5. The molecule has 0 saturated heterocycles. The van der Waals surface area contributed by atoms with Gasteiger partial charge in [0.1, 0.15) is 11.4 Å². The van der Waals surface area contributed by atoms with Crippen LogP contribution < -0.4 is 10.1 Å². The summed E-state index contributed by atoms with van der Waals surface area (Å²) in [5.74, 6) is 1.19. The highest BCUT2D eigenvalue weighted by molar-refractivity contribution is 5.29. The molecule has 0 saturated carbocycles. The number of hydrogen-bond donors (Lipinski definition) is 2. The standard InChI is InChI=1S/C16H27NO2/c1-11(2)14(17-6)15(18)12-7-9-13(10-8-12)19-16(3,4)5/h7-11,14-15,17-18H,1-6H3. The van der Waals surface area contributed by atoms with Gasteiger partial charge in [-0.25, -0.2) is 0 Å². The molecule has 1 rings (SSSR count). The number of ether oxygens (including phenoxy) is 1. The molecule has 19 heavy (non-hydrogen) atoms. The predicted octanol–water partition coefficient (Wildman–Crippen LogP) is 3.14. The van der Waals surface area contributed by atoms with Crippen LogP contribution >= 0.6 is 0 Å². The van der Waals surface area contributed by atoms with Crippen molar-refractivity contribution in [2.45, 2.75) is 52.4 Å². The van der Waals surface area contributed by atoms with Gasteiger partial charge in [0.2, 0.25) is 0 Å². The lowest BCUT2D eigenvalue weighted by Crippen LogP contribution is -2.36. The van der Waals surface area contributed by atoms with Crippen LogP contribution in [0.5, 0.6) is 5.75 Å². The summed E-state index contributed by atoms with van der Waals surface area (Å²) < 4.78 is 5.77. The maximum Gasteiger partial charge on any atom is 0.120 e. The second-order valence-corrected chi connectivity index (χ2v) is 6.29. The summed E-state index contributed by atoms with van der Waals surface area (Å²) in [6.45, 7) is 10.3. The number of likely N-dealkylation sites (N-methyl/N-ethyl adjacent to an activating group) is 1. The van der Waals surface area contributed by atoms with Crippen LogP contribution in [0.3, 0.4) is 0 Å². The zero-order chi connectivity index (χ0) is 14.6. The molecule has 0 aliphatic carbocycles. The third kappa shape index (κ3) is 4.84. The van der Waals surface area contributed by atoms with E-state index in [1.807, 2.05) is 52.1 Å². The van der Waals surface area contributed by atoms with Crippen LogP contribution in [0.4, 0.5) is 0 Å². The van der Waals surface area contributed by atoms with Crippen molar-refractivity contribution >= 4 is 0 Å². The fourth-order valence-electron chi connectivity index (χ4n) is 2.15. The maximum absolute atomic E-state index is 10.4. The van der Waals surface area contributed by atoms with E-state index < -0.39 is 6.10 Å². The number of benzene rings is 1. The largest absolute Gasteiger partial charge is 0.488 e. The van der Waals surface area contributed by atoms with E-state index in [0.29, 0.717) is 5.92 Å². The molecule has 3 heteroatoms. The molecule has 0 bridgehead atoms. The molecule has 2 N–H and O–H groups in total. The molecule has 0 aromatic heterocycles. The van der Waals surface area contributed by atoms with Crippen molar-refractivity contribution < 1.29 is 9.84 Å². The molecule has 2 unspecified atom stereocenters. The monoisotopic (exact) mass is 265 g/mol. The first-order chi connectivity index (χ1) is 8.74. The first-order valence-corrected chi connectivity index (χ1v) is 6.89. The lowest BCUT2D eigenvalue weighted by atomic mass is 9.93. The quantitative estimate of drug-likeness (QED) is 0.859. The Balaban J connectivity index is 2.81. The Bertz CT molecular complexity index is 379. The van der Waals surface area contributed by atoms with E-state index in [0.717, 1.165) is 11.3 Å². The summed E-state index contributed by atoms with van der Waals surface area (Å²) in [7, 11) is 1.88. The minimum atomic E-state index is -0.506. The van der Waals surface area contributed by atoms with E-state index in [1.165, 1.54) is 0 Å². The third-order valence-corrected chi connectivity index (χ3v) is 3.04. The zero-order valence-electron chi connectivity index (χ0n) is 12.9. The van der Waals surface area contributed by atoms with Crippen LogP contribution in [0.25, 0.3) is 0 Å². The van der Waals surface area contributed by atoms with Crippen LogP contribution in [0, 0.1) is 5.92 Å². The molecule has 0 radical (unpaired) electrons. The van der Waals surface area contributed by atoms with Gasteiger partial charge in [0.25, 0.3) is 0 Å². The molecule has 0 amide bonds. The van der Waals surface area contributed by atoms with Gasteiger partial charge in [0.05, 0.1) is 6.10 Å². The summed E-state index contributed by atoms with van der Waals surface area (Å²) in [4.78, 5) is 0. The van der Waals surface area contributed by atoms with Gasteiger partial charge < -0.3 is 15.2 Å². The third-order valence-electron chi connectivity index (χ3n) is 3.04. The molecule has 108 valence electrons. The number of aliphatic hydroxyl groups is 1. The van der Waals surface area contributed by atoms with Gasteiger partial charge in [-0.3, -0.25) is 0 Å². The fourth-order valence-corrected chi connectivity index (χ4v) is 2.15. The van der Waals surface area contributed by atoms with Crippen molar-refractivity contribution in [2.75, 3.05) is 7.05 Å². The molecule has 1 aromatic carbocycles. The Morgan fingerprint density at radius 1 is 1.11 bits per heavy atom. The highest BCUT2D eigenvalue weighted by atomic mass is 16.5. The van der Waals surface area contributed by atoms with Gasteiger partial charge in [-0.1, -0.05) is 26.0 Å². The smallest absolute Gasteiger partial charge is 0.120 e. The minimum Gasteiger partial charge on any atom is -0.488 e. The Kier molecular flexibility index (Phi) is 5.39. The van der Waals surface area contributed by atoms with E-state index in [9.17, 15) is 5.11 Å². The van der Waals surface area contributed by atoms with Gasteiger partial charge in [0, 0.05) is 6.04 Å². The highest BCUT2D eigenvalue weighted by Gasteiger charge is 2.22. The summed E-state index contributed by atoms with van der Waals surface area (Å²) in [5.41, 5.74) is 0.709. The Hall–Kier alpha value is -1.06. The summed E-state index contributed by atoms with van der Waals surface area (Å²) in [6.07, 6.45) is -0.506. The average Bonchev–Trinajstić information content (AvgIpc) is 2.28. The normalized spacial score (nSPS) is 15.4. The van der Waals surface area contributed by atoms with Gasteiger partial charge in [-0.05, 0) is 51.4 Å². The molecule has 0 aliphatic heterocycles. The van der Waals surface area contributed by atoms with Crippen LogP contribution in [-0.2, 0) is 0 Å². The predicted molar refractivity (Wildman–Crippen MR) is 79.5 cm³/mol. The van der Waals surface area contributed by atoms with Crippen molar-refractivity contribution in [1.82, 2.24) is 5.32 Å². The molecule has 0 fully saturated rings. The van der Waals surface area contributed by atoms with E-state index >= 15 is 0 Å². The van der Waals surface area contributed by atoms with Gasteiger partial charge in [-0.2, -0.15) is 0 Å². The molecule has 0 aliphatic rings. The molecular formula is C16H27NO2. The van der Waals surface area contributed by atoms with Crippen LogP contribution in [0.1, 0.15) is 46.3 Å². The van der Waals surface area contributed by atoms with Gasteiger partial charge >= 0.3 is 0 Å². The van der Waals surface area contributed by atoms with Crippen LogP contribution in [-0.4, -0.2) is 23.8 Å². The van der Waals surface area contributed by atoms with Crippen molar-refractivity contribution in [3.8, 4) is 5.75 Å². The minimum absolute atomic E-state index is 0.0504. The van der Waals surface area contributed by atoms with Crippen LogP contribution in [0.2, 0.25) is 0 Å². The molecule has 3 nitrogen and oxygen atoms in total. The van der Waals surface area contributed by atoms with E-state index in [1.54, 1.807) is 0 Å². The Labute approximate surface area is 117 Å². The number of rotatable bonds is 5. The molecule has 0 spiro atoms. The van der Waals surface area contributed by atoms with Crippen LogP contribution in [0.15, 0.2) is 24.3 Å². The number of hydrogen-bond acceptors (Lipinski definition) is 3. The van der Waals surface area contributed by atoms with Crippen molar-refractivity contribution in [2.24, 2.45) is 5.92 Å². The van der Waals surface area contributed by atoms with Crippen molar-refractivity contribution in [1.29, 1.82) is 0 Å². The molecule has 2 atom stereocenters. The Morgan fingerprint density at radius 3 is 2.00 bits per heavy atom. The molecular weight excluding hydrogens is 238 g/mol. The maximum atomic E-state index is 10.4. The first kappa shape index (κ1) is 16.0. The highest BCUT2D eigenvalue weighted by Crippen LogP contribution is 2.25. The summed E-state index contributed by atoms with van der Waals surface area (Å²) in [6, 6.07) is 7.74. The van der Waals surface area contributed by atoms with Gasteiger partial charge in [-0.15, -0.1) is 0 Å². The number of nitrogens with one attached hydrogen (secondary N) is 1. The molecule has 0 heterocycles. The lowest BCUT2D eigenvalue weighted by Gasteiger charge is -2.27. The van der Waals surface area contributed by atoms with E-state index in [4.69, 9.17) is 4.74 Å². The van der Waals surface area contributed by atoms with E-state index in [-0.39, 0.29) is 11.6 Å². The van der Waals surface area contributed by atoms with Crippen molar-refractivity contribution in [3.63, 3.8) is 0 Å². The average molecular weight is 265 g/mol. The molecule has 1 aromatic rings. The van der Waals surface area contributed by atoms with Crippen molar-refractivity contribution in [3.05, 3.63) is 29.8 Å². The second-order valence-electron chi connectivity index (χ2n) is 6.29. The zero-order valence-corrected chi connectivity index (χ0v) is 12.9. The van der Waals surface area contributed by atoms with Gasteiger partial charge in [0.15, 0.2) is 0 Å². The summed E-state index contributed by atoms with van der Waals surface area (Å²) >= 11 is 0. The topological polar surface area (TPSA) is 41.5 Å². The second kappa shape index (κ2) is 6.40. The fraction of sp³-hybridized carbons (Fsp3) is 0.625. The first-order valence-electron chi connectivity index (χ1n) is 6.89. The number of aliphatic hydroxyl groups excluding tert-OH is 1. The lowest BCUT2D eigenvalue weighted by molar-refractivity contribution is 0.109. The Morgan fingerprint density at radius 2 is 1.63 bits per heavy atom. The van der Waals surface area contributed by atoms with E-state index in [2.05, 4.69) is 19.2 Å².